The maximum absolute atomic E-state index is 11.6. The first-order valence-corrected chi connectivity index (χ1v) is 10.1. The predicted octanol–water partition coefficient (Wildman–Crippen LogP) is 3.68. The van der Waals surface area contributed by atoms with Crippen molar-refractivity contribution in [3.63, 3.8) is 0 Å². The third-order valence-corrected chi connectivity index (χ3v) is 4.99. The number of aliphatic imine (C=N–C) groups is 2. The maximum atomic E-state index is 11.6. The molecule has 0 saturated heterocycles. The van der Waals surface area contributed by atoms with Gasteiger partial charge in [-0.2, -0.15) is 0 Å². The smallest absolute Gasteiger partial charge is 0.0585 e. The molecule has 2 aromatic carbocycles. The average molecular weight is 345 g/mol. The lowest BCUT2D eigenvalue weighted by molar-refractivity contribution is 0.686. The van der Waals surface area contributed by atoms with E-state index in [4.69, 9.17) is 0 Å². The van der Waals surface area contributed by atoms with Crippen molar-refractivity contribution in [3.8, 4) is 0 Å². The van der Waals surface area contributed by atoms with Gasteiger partial charge in [-0.15, -0.1) is 11.8 Å². The molecule has 120 valence electrons. The molecular weight excluding hydrogens is 324 g/mol. The Balaban J connectivity index is 1.90. The summed E-state index contributed by atoms with van der Waals surface area (Å²) < 4.78 is 11.6. The molecule has 0 amide bonds. The van der Waals surface area contributed by atoms with Crippen molar-refractivity contribution in [2.75, 3.05) is 25.6 Å². The van der Waals surface area contributed by atoms with Crippen LogP contribution in [0.2, 0.25) is 0 Å². The lowest BCUT2D eigenvalue weighted by Gasteiger charge is -2.01. The van der Waals surface area contributed by atoms with Gasteiger partial charge in [0.05, 0.1) is 23.9 Å². The van der Waals surface area contributed by atoms with Gasteiger partial charge in [-0.05, 0) is 18.4 Å². The molecule has 3 nitrogen and oxygen atoms in total. The van der Waals surface area contributed by atoms with Crippen molar-refractivity contribution in [1.82, 2.24) is 0 Å². The molecule has 2 aromatic rings. The van der Waals surface area contributed by atoms with Crippen molar-refractivity contribution in [1.29, 1.82) is 0 Å². The van der Waals surface area contributed by atoms with E-state index in [-0.39, 0.29) is 0 Å². The number of benzene rings is 2. The Morgan fingerprint density at radius 2 is 1.52 bits per heavy atom. The number of rotatable bonds is 7. The van der Waals surface area contributed by atoms with Gasteiger partial charge in [0.2, 0.25) is 0 Å². The Kier molecular flexibility index (Phi) is 7.23. The van der Waals surface area contributed by atoms with E-state index in [0.29, 0.717) is 13.1 Å². The van der Waals surface area contributed by atoms with Crippen LogP contribution in [0.4, 0.5) is 0 Å². The minimum atomic E-state index is -1.00. The maximum Gasteiger partial charge on any atom is 0.0585 e. The molecule has 1 atom stereocenters. The topological polar surface area (TPSA) is 41.8 Å². The number of nitrogens with zero attached hydrogens (tertiary/aromatic N) is 2. The minimum Gasteiger partial charge on any atom is -0.291 e. The lowest BCUT2D eigenvalue weighted by Crippen LogP contribution is -1.96. The predicted molar refractivity (Wildman–Crippen MR) is 102 cm³/mol. The third kappa shape index (κ3) is 5.44. The van der Waals surface area contributed by atoms with Crippen LogP contribution >= 0.6 is 11.8 Å². The van der Waals surface area contributed by atoms with Crippen molar-refractivity contribution in [3.05, 3.63) is 59.7 Å². The zero-order chi connectivity index (χ0) is 16.5. The molecule has 2 rings (SSSR count). The Morgan fingerprint density at radius 3 is 2.17 bits per heavy atom. The Bertz CT molecular complexity index is 726. The first-order valence-electron chi connectivity index (χ1n) is 7.27. The van der Waals surface area contributed by atoms with E-state index < -0.39 is 10.8 Å². The Morgan fingerprint density at radius 1 is 0.957 bits per heavy atom. The molecule has 0 saturated carbocycles. The van der Waals surface area contributed by atoms with Crippen LogP contribution in [0.3, 0.4) is 0 Å². The number of hydrogen-bond acceptors (Lipinski definition) is 4. The highest BCUT2D eigenvalue weighted by molar-refractivity contribution is 7.98. The second kappa shape index (κ2) is 9.43. The SMILES string of the molecule is CSc1ccccc1C=NCCN=Cc1ccccc1S(C)=O. The quantitative estimate of drug-likeness (QED) is 0.437. The van der Waals surface area contributed by atoms with Crippen LogP contribution in [0.15, 0.2) is 68.3 Å². The summed E-state index contributed by atoms with van der Waals surface area (Å²) in [5, 5.41) is 0. The molecule has 23 heavy (non-hydrogen) atoms. The van der Waals surface area contributed by atoms with Gasteiger partial charge in [-0.25, -0.2) is 0 Å². The van der Waals surface area contributed by atoms with Crippen LogP contribution in [0.5, 0.6) is 0 Å². The summed E-state index contributed by atoms with van der Waals surface area (Å²) in [5.74, 6) is 0. The summed E-state index contributed by atoms with van der Waals surface area (Å²) >= 11 is 1.72. The van der Waals surface area contributed by atoms with Gasteiger partial charge in [-0.1, -0.05) is 36.4 Å². The lowest BCUT2D eigenvalue weighted by atomic mass is 10.2. The van der Waals surface area contributed by atoms with Gasteiger partial charge in [0.1, 0.15) is 0 Å². The molecule has 5 heteroatoms. The van der Waals surface area contributed by atoms with Crippen LogP contribution in [0.25, 0.3) is 0 Å². The normalized spacial score (nSPS) is 13.0. The van der Waals surface area contributed by atoms with Crippen molar-refractivity contribution >= 4 is 35.0 Å². The highest BCUT2D eigenvalue weighted by Crippen LogP contribution is 2.17. The van der Waals surface area contributed by atoms with Crippen LogP contribution in [0, 0.1) is 0 Å². The minimum absolute atomic E-state index is 0.614. The van der Waals surface area contributed by atoms with Crippen LogP contribution in [-0.2, 0) is 10.8 Å². The Hall–Kier alpha value is -1.72. The van der Waals surface area contributed by atoms with Crippen LogP contribution in [0.1, 0.15) is 11.1 Å². The molecular formula is C18H20N2OS2. The van der Waals surface area contributed by atoms with Crippen molar-refractivity contribution < 1.29 is 4.21 Å². The summed E-state index contributed by atoms with van der Waals surface area (Å²) in [4.78, 5) is 10.8. The van der Waals surface area contributed by atoms with Gasteiger partial charge in [-0.3, -0.25) is 14.2 Å². The molecule has 0 aromatic heterocycles. The van der Waals surface area contributed by atoms with E-state index in [1.165, 1.54) is 4.90 Å². The largest absolute Gasteiger partial charge is 0.291 e. The second-order valence-electron chi connectivity index (χ2n) is 4.80. The highest BCUT2D eigenvalue weighted by atomic mass is 32.2. The first-order chi connectivity index (χ1) is 11.2. The summed E-state index contributed by atoms with van der Waals surface area (Å²) in [6.07, 6.45) is 7.42. The molecule has 0 spiro atoms. The average Bonchev–Trinajstić information content (AvgIpc) is 2.58. The molecule has 0 aliphatic rings. The summed E-state index contributed by atoms with van der Waals surface area (Å²) in [7, 11) is -1.00. The fourth-order valence-electron chi connectivity index (χ4n) is 2.06. The van der Waals surface area contributed by atoms with Gasteiger partial charge >= 0.3 is 0 Å². The monoisotopic (exact) mass is 344 g/mol. The van der Waals surface area contributed by atoms with Gasteiger partial charge in [0.25, 0.3) is 0 Å². The third-order valence-electron chi connectivity index (χ3n) is 3.19. The number of hydrogen-bond donors (Lipinski definition) is 0. The fraction of sp³-hybridized carbons (Fsp3) is 0.222. The van der Waals surface area contributed by atoms with E-state index in [2.05, 4.69) is 28.4 Å². The summed E-state index contributed by atoms with van der Waals surface area (Å²) in [6.45, 7) is 1.25. The summed E-state index contributed by atoms with van der Waals surface area (Å²) in [6, 6.07) is 15.8. The molecule has 0 aliphatic carbocycles. The zero-order valence-electron chi connectivity index (χ0n) is 13.3. The van der Waals surface area contributed by atoms with Crippen molar-refractivity contribution in [2.45, 2.75) is 9.79 Å². The van der Waals surface area contributed by atoms with Gasteiger partial charge in [0.15, 0.2) is 0 Å². The highest BCUT2D eigenvalue weighted by Gasteiger charge is 2.01. The fourth-order valence-corrected chi connectivity index (χ4v) is 3.36. The van der Waals surface area contributed by atoms with Gasteiger partial charge in [0, 0.05) is 39.6 Å². The first kappa shape index (κ1) is 17.6. The molecule has 0 radical (unpaired) electrons. The van der Waals surface area contributed by atoms with Gasteiger partial charge < -0.3 is 0 Å². The molecule has 0 bridgehead atoms. The van der Waals surface area contributed by atoms with E-state index >= 15 is 0 Å². The zero-order valence-corrected chi connectivity index (χ0v) is 14.9. The molecule has 1 unspecified atom stereocenters. The molecule has 0 fully saturated rings. The standard InChI is InChI=1S/C18H20N2OS2/c1-22-17-9-5-3-7-15(17)13-19-11-12-20-14-16-8-4-6-10-18(16)23(2)21/h3-10,13-14H,11-12H2,1-2H3. The molecule has 0 heterocycles. The second-order valence-corrected chi connectivity index (χ2v) is 7.00. The van der Waals surface area contributed by atoms with Crippen LogP contribution in [-0.4, -0.2) is 42.2 Å². The van der Waals surface area contributed by atoms with Crippen molar-refractivity contribution in [2.24, 2.45) is 9.98 Å². The van der Waals surface area contributed by atoms with E-state index in [0.717, 1.165) is 16.0 Å². The number of thioether (sulfide) groups is 1. The molecule has 0 aliphatic heterocycles. The van der Waals surface area contributed by atoms with Crippen LogP contribution < -0.4 is 0 Å². The summed E-state index contributed by atoms with van der Waals surface area (Å²) in [5.41, 5.74) is 2.04. The van der Waals surface area contributed by atoms with E-state index in [9.17, 15) is 4.21 Å². The van der Waals surface area contributed by atoms with E-state index in [1.54, 1.807) is 24.2 Å². The Labute approximate surface area is 144 Å². The molecule has 0 N–H and O–H groups in total. The van der Waals surface area contributed by atoms with E-state index in [1.807, 2.05) is 42.6 Å².